The topological polar surface area (TPSA) is 16.4 Å². The number of hydrogen-bond donors (Lipinski definition) is 0. The molecule has 0 N–H and O–H groups in total. The summed E-state index contributed by atoms with van der Waals surface area (Å²) in [5.41, 5.74) is 9.91. The lowest BCUT2D eigenvalue weighted by Gasteiger charge is -2.26. The van der Waals surface area contributed by atoms with Crippen LogP contribution in [0.15, 0.2) is 205 Å². The van der Waals surface area contributed by atoms with Crippen molar-refractivity contribution in [3.8, 4) is 22.3 Å². The number of rotatable bonds is 5. The van der Waals surface area contributed by atoms with Gasteiger partial charge in [0.05, 0.1) is 0 Å². The molecule has 0 spiro atoms. The summed E-state index contributed by atoms with van der Waals surface area (Å²) in [6.07, 6.45) is 0. The fourth-order valence-corrected chi connectivity index (χ4v) is 8.38. The maximum Gasteiger partial charge on any atom is 0.136 e. The predicted octanol–water partition coefficient (Wildman–Crippen LogP) is 15.0. The van der Waals surface area contributed by atoms with Crippen molar-refractivity contribution >= 4 is 82.1 Å². The minimum absolute atomic E-state index is 0.902. The van der Waals surface area contributed by atoms with E-state index in [1.807, 2.05) is 12.1 Å². The second-order valence-corrected chi connectivity index (χ2v) is 14.1. The first-order valence-corrected chi connectivity index (χ1v) is 18.5. The van der Waals surface area contributed by atoms with Crippen LogP contribution in [0.3, 0.4) is 0 Å². The lowest BCUT2D eigenvalue weighted by Crippen LogP contribution is -2.09. The van der Waals surface area contributed by atoms with Crippen LogP contribution in [0.2, 0.25) is 0 Å². The van der Waals surface area contributed by atoms with Gasteiger partial charge in [-0.25, -0.2) is 0 Å². The van der Waals surface area contributed by atoms with Gasteiger partial charge < -0.3 is 9.32 Å². The summed E-state index contributed by atoms with van der Waals surface area (Å²) in [5.74, 6) is 0. The van der Waals surface area contributed by atoms with Crippen LogP contribution in [0, 0.1) is 0 Å². The van der Waals surface area contributed by atoms with E-state index in [4.69, 9.17) is 4.42 Å². The Morgan fingerprint density at radius 2 is 0.907 bits per heavy atom. The Kier molecular flexibility index (Phi) is 6.90. The van der Waals surface area contributed by atoms with Gasteiger partial charge in [-0.15, -0.1) is 0 Å². The summed E-state index contributed by atoms with van der Waals surface area (Å²) in [7, 11) is 0. The summed E-state index contributed by atoms with van der Waals surface area (Å²) in [6, 6.07) is 72.4. The van der Waals surface area contributed by atoms with Crippen LogP contribution < -0.4 is 4.90 Å². The molecule has 252 valence electrons. The third-order valence-electron chi connectivity index (χ3n) is 11.0. The van der Waals surface area contributed by atoms with Gasteiger partial charge in [0.25, 0.3) is 0 Å². The first-order valence-electron chi connectivity index (χ1n) is 18.5. The van der Waals surface area contributed by atoms with Gasteiger partial charge in [0, 0.05) is 27.8 Å². The van der Waals surface area contributed by atoms with E-state index in [2.05, 4.69) is 193 Å². The number of anilines is 3. The lowest BCUT2D eigenvalue weighted by atomic mass is 9.90. The number of hydrogen-bond acceptors (Lipinski definition) is 2. The van der Waals surface area contributed by atoms with Gasteiger partial charge in [-0.1, -0.05) is 140 Å². The van der Waals surface area contributed by atoms with E-state index < -0.39 is 0 Å². The van der Waals surface area contributed by atoms with Crippen LogP contribution in [0.25, 0.3) is 87.3 Å². The van der Waals surface area contributed by atoms with Crippen LogP contribution >= 0.6 is 0 Å². The van der Waals surface area contributed by atoms with Crippen LogP contribution in [0.4, 0.5) is 17.1 Å². The first kappa shape index (κ1) is 30.5. The zero-order chi connectivity index (χ0) is 35.6. The fraction of sp³-hybridized carbons (Fsp3) is 0. The van der Waals surface area contributed by atoms with Crippen molar-refractivity contribution in [1.29, 1.82) is 0 Å². The van der Waals surface area contributed by atoms with Crippen molar-refractivity contribution in [1.82, 2.24) is 0 Å². The molecule has 2 heteroatoms. The lowest BCUT2D eigenvalue weighted by molar-refractivity contribution is 0.669. The number of fused-ring (bicyclic) bond motifs is 9. The second kappa shape index (κ2) is 12.2. The largest absolute Gasteiger partial charge is 0.456 e. The molecular formula is C52H33NO. The van der Waals surface area contributed by atoms with Gasteiger partial charge in [0.2, 0.25) is 0 Å². The molecule has 0 aliphatic carbocycles. The van der Waals surface area contributed by atoms with Crippen LogP contribution in [0.1, 0.15) is 0 Å². The zero-order valence-electron chi connectivity index (χ0n) is 29.4. The quantitative estimate of drug-likeness (QED) is 0.168. The summed E-state index contributed by atoms with van der Waals surface area (Å²) in [6.45, 7) is 0. The van der Waals surface area contributed by atoms with Crippen LogP contribution in [-0.2, 0) is 0 Å². The molecule has 0 saturated carbocycles. The SMILES string of the molecule is c1ccc(-c2ccc(N(c3ccc(-c4cc5ccccc5c5ccc6ccccc6c45)cc3)c3ccc4cc5c(cc4c3)oc3ccccc35)cc2)cc1. The van der Waals surface area contributed by atoms with Crippen molar-refractivity contribution < 1.29 is 4.42 Å². The van der Waals surface area contributed by atoms with Crippen molar-refractivity contribution in [3.05, 3.63) is 200 Å². The second-order valence-electron chi connectivity index (χ2n) is 14.1. The van der Waals surface area contributed by atoms with E-state index >= 15 is 0 Å². The standard InChI is InChI=1S/C52H33NO/c1-2-10-34(11-3-1)35-18-24-41(25-19-35)53(43-28-22-38-31-49-46-16-8-9-17-50(46)54-51(49)33-40(38)30-43)42-26-20-37(21-27-42)48-32-39-13-5-6-14-44(39)47-29-23-36-12-4-7-15-45(36)52(47)48/h1-33H. The highest BCUT2D eigenvalue weighted by Crippen LogP contribution is 2.42. The van der Waals surface area contributed by atoms with Gasteiger partial charge in [-0.2, -0.15) is 0 Å². The fourth-order valence-electron chi connectivity index (χ4n) is 8.38. The number of para-hydroxylation sites is 1. The van der Waals surface area contributed by atoms with E-state index in [1.54, 1.807) is 0 Å². The number of furan rings is 1. The molecule has 2 nitrogen and oxygen atoms in total. The van der Waals surface area contributed by atoms with E-state index in [9.17, 15) is 0 Å². The van der Waals surface area contributed by atoms with Gasteiger partial charge >= 0.3 is 0 Å². The van der Waals surface area contributed by atoms with E-state index in [1.165, 1.54) is 60.0 Å². The molecule has 0 radical (unpaired) electrons. The molecule has 54 heavy (non-hydrogen) atoms. The van der Waals surface area contributed by atoms with E-state index in [-0.39, 0.29) is 0 Å². The predicted molar refractivity (Wildman–Crippen MR) is 229 cm³/mol. The summed E-state index contributed by atoms with van der Waals surface area (Å²) in [5, 5.41) is 12.2. The van der Waals surface area contributed by atoms with E-state index in [0.717, 1.165) is 44.4 Å². The molecule has 0 fully saturated rings. The Balaban J connectivity index is 1.07. The third kappa shape index (κ3) is 4.96. The summed E-state index contributed by atoms with van der Waals surface area (Å²) < 4.78 is 6.31. The molecule has 0 aliphatic rings. The molecule has 0 amide bonds. The monoisotopic (exact) mass is 687 g/mol. The highest BCUT2D eigenvalue weighted by atomic mass is 16.3. The smallest absolute Gasteiger partial charge is 0.136 e. The molecule has 0 aliphatic heterocycles. The Morgan fingerprint density at radius 1 is 0.296 bits per heavy atom. The first-order chi connectivity index (χ1) is 26.7. The molecule has 11 rings (SSSR count). The Labute approximate surface area is 312 Å². The van der Waals surface area contributed by atoms with Crippen molar-refractivity contribution in [2.45, 2.75) is 0 Å². The van der Waals surface area contributed by atoms with Gasteiger partial charge in [-0.05, 0) is 126 Å². The molecule has 0 unspecified atom stereocenters. The van der Waals surface area contributed by atoms with Crippen molar-refractivity contribution in [2.24, 2.45) is 0 Å². The highest BCUT2D eigenvalue weighted by molar-refractivity contribution is 6.23. The summed E-state index contributed by atoms with van der Waals surface area (Å²) in [4.78, 5) is 2.36. The minimum Gasteiger partial charge on any atom is -0.456 e. The number of benzene rings is 10. The summed E-state index contributed by atoms with van der Waals surface area (Å²) >= 11 is 0. The molecule has 1 heterocycles. The Bertz CT molecular complexity index is 3190. The molecular weight excluding hydrogens is 655 g/mol. The van der Waals surface area contributed by atoms with Crippen molar-refractivity contribution in [3.63, 3.8) is 0 Å². The molecule has 10 aromatic carbocycles. The van der Waals surface area contributed by atoms with Gasteiger partial charge in [-0.3, -0.25) is 0 Å². The average Bonchev–Trinajstić information content (AvgIpc) is 3.60. The van der Waals surface area contributed by atoms with Gasteiger partial charge in [0.1, 0.15) is 11.2 Å². The van der Waals surface area contributed by atoms with Crippen molar-refractivity contribution in [2.75, 3.05) is 4.90 Å². The van der Waals surface area contributed by atoms with Gasteiger partial charge in [0.15, 0.2) is 0 Å². The maximum absolute atomic E-state index is 6.31. The minimum atomic E-state index is 0.902. The normalized spacial score (nSPS) is 11.7. The highest BCUT2D eigenvalue weighted by Gasteiger charge is 2.17. The maximum atomic E-state index is 6.31. The molecule has 11 aromatic rings. The van der Waals surface area contributed by atoms with Crippen LogP contribution in [0.5, 0.6) is 0 Å². The van der Waals surface area contributed by atoms with Crippen LogP contribution in [-0.4, -0.2) is 0 Å². The molecule has 0 bridgehead atoms. The molecule has 1 aromatic heterocycles. The third-order valence-corrected chi connectivity index (χ3v) is 11.0. The number of nitrogens with zero attached hydrogens (tertiary/aromatic N) is 1. The zero-order valence-corrected chi connectivity index (χ0v) is 29.4. The average molecular weight is 688 g/mol. The Morgan fingerprint density at radius 3 is 1.70 bits per heavy atom. The molecule has 0 saturated heterocycles. The van der Waals surface area contributed by atoms with E-state index in [0.29, 0.717) is 0 Å². The Hall–Kier alpha value is -7.16. The molecule has 0 atom stereocenters.